The molecule has 6 N–H and O–H groups in total. The Kier molecular flexibility index (Phi) is 13.9. The SMILES string of the molecule is C.CCCNc1ncnc2[nH]cc(C(=O)c3ccc(Oc4ccccc4)cc3Cl)c12.NCCNc1ncnc2[nH]cc(C(=O)c3ccc(Oc4ccccc4)cc3Cl)c12. The average Bonchev–Trinajstić information content (AvgIpc) is 3.89. The highest BCUT2D eigenvalue weighted by atomic mass is 35.5. The summed E-state index contributed by atoms with van der Waals surface area (Å²) >= 11 is 12.8. The molecule has 0 bridgehead atoms. The molecule has 8 aromatic rings. The number of nitrogens with zero attached hydrogens (tertiary/aromatic N) is 4. The van der Waals surface area contributed by atoms with E-state index in [0.717, 1.165) is 13.0 Å². The van der Waals surface area contributed by atoms with Gasteiger partial charge in [0.05, 0.1) is 31.9 Å². The van der Waals surface area contributed by atoms with E-state index < -0.39 is 0 Å². The highest BCUT2D eigenvalue weighted by Gasteiger charge is 2.22. The highest BCUT2D eigenvalue weighted by Crippen LogP contribution is 2.33. The minimum Gasteiger partial charge on any atom is -0.457 e. The van der Waals surface area contributed by atoms with Gasteiger partial charge in [-0.25, -0.2) is 19.9 Å². The molecule has 4 aromatic carbocycles. The number of hydrogen-bond donors (Lipinski definition) is 5. The van der Waals surface area contributed by atoms with E-state index in [2.05, 4.69) is 47.5 Å². The Morgan fingerprint density at radius 2 is 1.05 bits per heavy atom. The van der Waals surface area contributed by atoms with Crippen molar-refractivity contribution in [3.05, 3.63) is 154 Å². The van der Waals surface area contributed by atoms with Gasteiger partial charge in [0.2, 0.25) is 0 Å². The Labute approximate surface area is 350 Å². The maximum absolute atomic E-state index is 13.2. The highest BCUT2D eigenvalue weighted by molar-refractivity contribution is 6.36. The molecule has 13 nitrogen and oxygen atoms in total. The van der Waals surface area contributed by atoms with Crippen LogP contribution in [-0.2, 0) is 0 Å². The van der Waals surface area contributed by atoms with Crippen LogP contribution in [0.25, 0.3) is 22.1 Å². The maximum Gasteiger partial charge on any atom is 0.196 e. The molecule has 0 spiro atoms. The number of rotatable bonds is 14. The van der Waals surface area contributed by atoms with E-state index >= 15 is 0 Å². The summed E-state index contributed by atoms with van der Waals surface area (Å²) < 4.78 is 11.6. The first kappa shape index (κ1) is 41.8. The number of fused-ring (bicyclic) bond motifs is 2. The Bertz CT molecular complexity index is 2500. The van der Waals surface area contributed by atoms with Crippen LogP contribution < -0.4 is 25.8 Å². The third kappa shape index (κ3) is 9.67. The molecule has 0 aliphatic rings. The summed E-state index contributed by atoms with van der Waals surface area (Å²) in [4.78, 5) is 49.4. The molecule has 0 aliphatic carbocycles. The van der Waals surface area contributed by atoms with Gasteiger partial charge >= 0.3 is 0 Å². The van der Waals surface area contributed by atoms with Crippen LogP contribution in [0.3, 0.4) is 0 Å². The minimum atomic E-state index is -0.238. The lowest BCUT2D eigenvalue weighted by atomic mass is 10.0. The van der Waals surface area contributed by atoms with E-state index in [0.29, 0.717) is 102 Å². The van der Waals surface area contributed by atoms with Crippen molar-refractivity contribution in [1.82, 2.24) is 29.9 Å². The molecule has 4 aromatic heterocycles. The van der Waals surface area contributed by atoms with Gasteiger partial charge in [-0.15, -0.1) is 0 Å². The number of ketones is 2. The third-order valence-electron chi connectivity index (χ3n) is 8.74. The fourth-order valence-electron chi connectivity index (χ4n) is 6.01. The summed E-state index contributed by atoms with van der Waals surface area (Å²) in [7, 11) is 0. The number of carbonyl (C=O) groups is 2. The summed E-state index contributed by atoms with van der Waals surface area (Å²) in [6, 6.07) is 28.8. The summed E-state index contributed by atoms with van der Waals surface area (Å²) in [6.07, 6.45) is 7.08. The molecule has 4 heterocycles. The van der Waals surface area contributed by atoms with Crippen LogP contribution >= 0.6 is 23.2 Å². The zero-order valence-corrected chi connectivity index (χ0v) is 32.6. The van der Waals surface area contributed by atoms with Crippen LogP contribution in [0.15, 0.2) is 122 Å². The maximum atomic E-state index is 13.2. The van der Waals surface area contributed by atoms with Gasteiger partial charge in [0, 0.05) is 55.3 Å². The van der Waals surface area contributed by atoms with Crippen molar-refractivity contribution in [2.45, 2.75) is 20.8 Å². The first-order chi connectivity index (χ1) is 28.3. The van der Waals surface area contributed by atoms with E-state index in [4.69, 9.17) is 38.4 Å². The fraction of sp³-hybridized carbons (Fsp3) is 0.136. The normalized spacial score (nSPS) is 10.6. The number of anilines is 2. The third-order valence-corrected chi connectivity index (χ3v) is 9.36. The first-order valence-electron chi connectivity index (χ1n) is 18.3. The largest absolute Gasteiger partial charge is 0.457 e. The van der Waals surface area contributed by atoms with Crippen LogP contribution in [0.4, 0.5) is 11.6 Å². The van der Waals surface area contributed by atoms with Crippen LogP contribution in [-0.4, -0.2) is 61.1 Å². The minimum absolute atomic E-state index is 0. The lowest BCUT2D eigenvalue weighted by Gasteiger charge is -2.09. The van der Waals surface area contributed by atoms with Crippen molar-refractivity contribution < 1.29 is 19.1 Å². The molecule has 59 heavy (non-hydrogen) atoms. The van der Waals surface area contributed by atoms with Gasteiger partial charge in [-0.1, -0.05) is 74.0 Å². The molecule has 0 saturated heterocycles. The van der Waals surface area contributed by atoms with Crippen molar-refractivity contribution in [2.24, 2.45) is 5.73 Å². The van der Waals surface area contributed by atoms with E-state index in [-0.39, 0.29) is 19.0 Å². The van der Waals surface area contributed by atoms with Crippen molar-refractivity contribution in [1.29, 1.82) is 0 Å². The quantitative estimate of drug-likeness (QED) is 0.0657. The Hall–Kier alpha value is -6.80. The van der Waals surface area contributed by atoms with Crippen LogP contribution in [0.1, 0.15) is 52.6 Å². The number of hydrogen-bond acceptors (Lipinski definition) is 11. The van der Waals surface area contributed by atoms with Crippen LogP contribution in [0.5, 0.6) is 23.0 Å². The van der Waals surface area contributed by atoms with Crippen molar-refractivity contribution >= 4 is 68.5 Å². The number of ether oxygens (including phenoxy) is 2. The summed E-state index contributed by atoms with van der Waals surface area (Å²) in [6.45, 7) is 3.77. The number of nitrogens with two attached hydrogens (primary N) is 1. The Balaban J connectivity index is 0.000000195. The molecular formula is C44H41Cl2N9O4. The zero-order chi connectivity index (χ0) is 40.4. The average molecular weight is 831 g/mol. The number of benzene rings is 4. The summed E-state index contributed by atoms with van der Waals surface area (Å²) in [5.74, 6) is 3.22. The summed E-state index contributed by atoms with van der Waals surface area (Å²) in [5, 5.41) is 8.24. The van der Waals surface area contributed by atoms with Crippen molar-refractivity contribution in [3.8, 4) is 23.0 Å². The molecule has 0 radical (unpaired) electrons. The zero-order valence-electron chi connectivity index (χ0n) is 31.1. The molecule has 0 aliphatic heterocycles. The number of nitrogens with one attached hydrogen (secondary N) is 4. The molecular weight excluding hydrogens is 789 g/mol. The van der Waals surface area contributed by atoms with E-state index in [1.54, 1.807) is 48.8 Å². The van der Waals surface area contributed by atoms with Crippen molar-refractivity contribution in [3.63, 3.8) is 0 Å². The molecule has 15 heteroatoms. The van der Waals surface area contributed by atoms with E-state index in [1.807, 2.05) is 60.7 Å². The predicted octanol–water partition coefficient (Wildman–Crippen LogP) is 10.1. The fourth-order valence-corrected chi connectivity index (χ4v) is 6.52. The number of para-hydroxylation sites is 2. The van der Waals surface area contributed by atoms with Gasteiger partial charge in [0.25, 0.3) is 0 Å². The predicted molar refractivity (Wildman–Crippen MR) is 234 cm³/mol. The van der Waals surface area contributed by atoms with E-state index in [9.17, 15) is 9.59 Å². The molecule has 0 saturated carbocycles. The topological polar surface area (TPSA) is 186 Å². The van der Waals surface area contributed by atoms with Gasteiger partial charge in [0.15, 0.2) is 11.6 Å². The summed E-state index contributed by atoms with van der Waals surface area (Å²) in [5.41, 5.74) is 8.37. The van der Waals surface area contributed by atoms with Gasteiger partial charge in [-0.2, -0.15) is 0 Å². The number of aromatic nitrogens is 6. The number of halogens is 2. The standard InChI is InChI=1S/C22H19ClN4O2.C21H18ClN5O2.CH4/c1-2-10-24-21-19-17(12-25-22(19)27-13-26-21)20(28)16-9-8-15(11-18(16)23)29-14-6-4-3-5-7-14;22-17-10-14(29-13-4-2-1-3-5-13)6-7-15(17)19(28)16-11-25-21-18(16)20(24-9-8-23)26-12-27-21;/h3-9,11-13H,2,10H2,1H3,(H2,24,25,26,27);1-7,10-12H,8-9,23H2,(H2,24,25,26,27);1H4. The second-order valence-electron chi connectivity index (χ2n) is 12.7. The monoisotopic (exact) mass is 829 g/mol. The lowest BCUT2D eigenvalue weighted by molar-refractivity contribution is 0.103. The Morgan fingerprint density at radius 1 is 0.610 bits per heavy atom. The number of H-pyrrole nitrogens is 2. The lowest BCUT2D eigenvalue weighted by Crippen LogP contribution is -2.14. The van der Waals surface area contributed by atoms with E-state index in [1.165, 1.54) is 12.7 Å². The van der Waals surface area contributed by atoms with Gasteiger partial charge in [0.1, 0.15) is 58.6 Å². The molecule has 8 rings (SSSR count). The first-order valence-corrected chi connectivity index (χ1v) is 19.1. The Morgan fingerprint density at radius 3 is 1.46 bits per heavy atom. The number of carbonyl (C=O) groups excluding carboxylic acids is 2. The van der Waals surface area contributed by atoms with Crippen molar-refractivity contribution in [2.75, 3.05) is 30.3 Å². The molecule has 0 unspecified atom stereocenters. The van der Waals surface area contributed by atoms with Crippen LogP contribution in [0.2, 0.25) is 10.0 Å². The second-order valence-corrected chi connectivity index (χ2v) is 13.5. The van der Waals surface area contributed by atoms with Gasteiger partial charge < -0.3 is 35.8 Å². The molecule has 0 amide bonds. The molecule has 0 atom stereocenters. The molecule has 0 fully saturated rings. The van der Waals surface area contributed by atoms with Gasteiger partial charge in [-0.05, 0) is 55.0 Å². The second kappa shape index (κ2) is 19.6. The molecule has 300 valence electrons. The van der Waals surface area contributed by atoms with Crippen LogP contribution in [0, 0.1) is 0 Å². The van der Waals surface area contributed by atoms with Gasteiger partial charge in [-0.3, -0.25) is 9.59 Å². The number of aromatic amines is 2. The smallest absolute Gasteiger partial charge is 0.196 e.